The van der Waals surface area contributed by atoms with E-state index in [1.165, 1.54) is 0 Å². The summed E-state index contributed by atoms with van der Waals surface area (Å²) in [5.74, 6) is -0.140. The summed E-state index contributed by atoms with van der Waals surface area (Å²) in [6.07, 6.45) is 1.73. The van der Waals surface area contributed by atoms with E-state index in [9.17, 15) is 15.0 Å². The number of aromatic hydroxyl groups is 1. The fourth-order valence-corrected chi connectivity index (χ4v) is 3.39. The number of aryl methyl sites for hydroxylation is 1. The van der Waals surface area contributed by atoms with Gasteiger partial charge < -0.3 is 15.1 Å². The van der Waals surface area contributed by atoms with Crippen molar-refractivity contribution in [3.8, 4) is 5.75 Å². The van der Waals surface area contributed by atoms with Crippen LogP contribution in [-0.4, -0.2) is 33.6 Å². The van der Waals surface area contributed by atoms with Crippen molar-refractivity contribution in [3.05, 3.63) is 65.2 Å². The van der Waals surface area contributed by atoms with Gasteiger partial charge in [-0.1, -0.05) is 42.0 Å². The van der Waals surface area contributed by atoms with Gasteiger partial charge in [0.1, 0.15) is 5.75 Å². The molecule has 2 unspecified atom stereocenters. The van der Waals surface area contributed by atoms with E-state index in [4.69, 9.17) is 0 Å². The molecule has 3 rings (SSSR count). The minimum atomic E-state index is -0.587. The second-order valence-electron chi connectivity index (χ2n) is 6.48. The van der Waals surface area contributed by atoms with Crippen LogP contribution in [0.4, 0.5) is 0 Å². The van der Waals surface area contributed by atoms with Crippen molar-refractivity contribution < 1.29 is 15.0 Å². The number of likely N-dealkylation sites (tertiary alicyclic amines) is 1. The van der Waals surface area contributed by atoms with E-state index in [2.05, 4.69) is 0 Å². The van der Waals surface area contributed by atoms with Gasteiger partial charge in [0.2, 0.25) is 0 Å². The zero-order valence-electron chi connectivity index (χ0n) is 13.9. The summed E-state index contributed by atoms with van der Waals surface area (Å²) >= 11 is 0. The van der Waals surface area contributed by atoms with E-state index in [1.807, 2.05) is 37.3 Å². The molecule has 1 fully saturated rings. The standard InChI is InChI=1S/C20H23NO3/c1-14-9-10-18(22)17(12-14)20(24)21-11-5-8-16(21)13-19(23)15-6-3-2-4-7-15/h2-4,6-7,9-10,12,16,19,22-23H,5,8,11,13H2,1H3. The van der Waals surface area contributed by atoms with Crippen molar-refractivity contribution >= 4 is 5.91 Å². The number of hydrogen-bond donors (Lipinski definition) is 2. The first kappa shape index (κ1) is 16.5. The molecular formula is C20H23NO3. The molecule has 0 radical (unpaired) electrons. The van der Waals surface area contributed by atoms with Crippen LogP contribution in [0.15, 0.2) is 48.5 Å². The number of hydrogen-bond acceptors (Lipinski definition) is 3. The topological polar surface area (TPSA) is 60.8 Å². The Balaban J connectivity index is 1.75. The van der Waals surface area contributed by atoms with Crippen LogP contribution in [0.3, 0.4) is 0 Å². The zero-order valence-corrected chi connectivity index (χ0v) is 13.9. The summed E-state index contributed by atoms with van der Waals surface area (Å²) in [7, 11) is 0. The molecule has 1 saturated heterocycles. The first-order chi connectivity index (χ1) is 11.6. The molecule has 2 aromatic rings. The predicted molar refractivity (Wildman–Crippen MR) is 92.9 cm³/mol. The monoisotopic (exact) mass is 325 g/mol. The fourth-order valence-electron chi connectivity index (χ4n) is 3.39. The Morgan fingerprint density at radius 2 is 2.00 bits per heavy atom. The Kier molecular flexibility index (Phi) is 4.86. The number of aliphatic hydroxyl groups excluding tert-OH is 1. The molecule has 24 heavy (non-hydrogen) atoms. The highest BCUT2D eigenvalue weighted by Gasteiger charge is 2.32. The second kappa shape index (κ2) is 7.05. The first-order valence-corrected chi connectivity index (χ1v) is 8.40. The van der Waals surface area contributed by atoms with Gasteiger partial charge in [0.15, 0.2) is 0 Å². The van der Waals surface area contributed by atoms with Crippen LogP contribution < -0.4 is 0 Å². The van der Waals surface area contributed by atoms with Crippen LogP contribution in [0.25, 0.3) is 0 Å². The molecule has 1 aliphatic heterocycles. The van der Waals surface area contributed by atoms with Crippen molar-refractivity contribution in [1.82, 2.24) is 4.90 Å². The number of rotatable bonds is 4. The largest absolute Gasteiger partial charge is 0.507 e. The SMILES string of the molecule is Cc1ccc(O)c(C(=O)N2CCCC2CC(O)c2ccccc2)c1. The van der Waals surface area contributed by atoms with E-state index in [0.29, 0.717) is 18.5 Å². The number of aliphatic hydroxyl groups is 1. The van der Waals surface area contributed by atoms with Crippen LogP contribution in [-0.2, 0) is 0 Å². The van der Waals surface area contributed by atoms with Gasteiger partial charge in [-0.05, 0) is 43.9 Å². The van der Waals surface area contributed by atoms with Crippen LogP contribution in [0.5, 0.6) is 5.75 Å². The molecule has 0 bridgehead atoms. The average molecular weight is 325 g/mol. The zero-order chi connectivity index (χ0) is 17.1. The molecule has 0 aromatic heterocycles. The van der Waals surface area contributed by atoms with Gasteiger partial charge in [-0.15, -0.1) is 0 Å². The highest BCUT2D eigenvalue weighted by atomic mass is 16.3. The third-order valence-electron chi connectivity index (χ3n) is 4.70. The molecule has 4 heteroatoms. The van der Waals surface area contributed by atoms with Gasteiger partial charge in [-0.3, -0.25) is 4.79 Å². The molecular weight excluding hydrogens is 302 g/mol. The summed E-state index contributed by atoms with van der Waals surface area (Å²) in [6.45, 7) is 2.56. The number of carbonyl (C=O) groups is 1. The first-order valence-electron chi connectivity index (χ1n) is 8.40. The van der Waals surface area contributed by atoms with Gasteiger partial charge in [-0.2, -0.15) is 0 Å². The smallest absolute Gasteiger partial charge is 0.257 e. The van der Waals surface area contributed by atoms with Crippen molar-refractivity contribution in [2.75, 3.05) is 6.54 Å². The van der Waals surface area contributed by atoms with Crippen LogP contribution in [0.2, 0.25) is 0 Å². The summed E-state index contributed by atoms with van der Waals surface area (Å²) < 4.78 is 0. The minimum Gasteiger partial charge on any atom is -0.507 e. The Labute approximate surface area is 142 Å². The summed E-state index contributed by atoms with van der Waals surface area (Å²) in [6, 6.07) is 14.6. The third-order valence-corrected chi connectivity index (χ3v) is 4.70. The van der Waals surface area contributed by atoms with Gasteiger partial charge in [-0.25, -0.2) is 0 Å². The second-order valence-corrected chi connectivity index (χ2v) is 6.48. The average Bonchev–Trinajstić information content (AvgIpc) is 3.05. The number of phenols is 1. The van der Waals surface area contributed by atoms with Crippen molar-refractivity contribution in [1.29, 1.82) is 0 Å². The van der Waals surface area contributed by atoms with Crippen LogP contribution in [0.1, 0.15) is 46.9 Å². The van der Waals surface area contributed by atoms with Gasteiger partial charge >= 0.3 is 0 Å². The Morgan fingerprint density at radius 3 is 2.75 bits per heavy atom. The Morgan fingerprint density at radius 1 is 1.25 bits per heavy atom. The third kappa shape index (κ3) is 3.44. The highest BCUT2D eigenvalue weighted by molar-refractivity contribution is 5.97. The van der Waals surface area contributed by atoms with E-state index in [-0.39, 0.29) is 17.7 Å². The molecule has 1 heterocycles. The molecule has 2 aromatic carbocycles. The number of phenolic OH excluding ortho intramolecular Hbond substituents is 1. The molecule has 2 atom stereocenters. The normalized spacial score (nSPS) is 18.6. The maximum Gasteiger partial charge on any atom is 0.257 e. The fraction of sp³-hybridized carbons (Fsp3) is 0.350. The predicted octanol–water partition coefficient (Wildman–Crippen LogP) is 3.43. The molecule has 126 valence electrons. The Bertz CT molecular complexity index is 714. The maximum absolute atomic E-state index is 12.8. The highest BCUT2D eigenvalue weighted by Crippen LogP contribution is 2.30. The number of benzene rings is 2. The summed E-state index contributed by atoms with van der Waals surface area (Å²) in [5, 5.41) is 20.5. The lowest BCUT2D eigenvalue weighted by molar-refractivity contribution is 0.0664. The quantitative estimate of drug-likeness (QED) is 0.905. The van der Waals surface area contributed by atoms with Crippen molar-refractivity contribution in [3.63, 3.8) is 0 Å². The molecule has 2 N–H and O–H groups in total. The van der Waals surface area contributed by atoms with E-state index < -0.39 is 6.10 Å². The molecule has 0 saturated carbocycles. The number of nitrogens with zero attached hydrogens (tertiary/aromatic N) is 1. The van der Waals surface area contributed by atoms with Gasteiger partial charge in [0, 0.05) is 12.6 Å². The van der Waals surface area contributed by atoms with Crippen molar-refractivity contribution in [2.24, 2.45) is 0 Å². The van der Waals surface area contributed by atoms with Gasteiger partial charge in [0.25, 0.3) is 5.91 Å². The van der Waals surface area contributed by atoms with Crippen LogP contribution >= 0.6 is 0 Å². The maximum atomic E-state index is 12.8. The van der Waals surface area contributed by atoms with Crippen molar-refractivity contribution in [2.45, 2.75) is 38.3 Å². The van der Waals surface area contributed by atoms with Crippen LogP contribution in [0, 0.1) is 6.92 Å². The molecule has 1 amide bonds. The molecule has 1 aliphatic rings. The van der Waals surface area contributed by atoms with E-state index >= 15 is 0 Å². The lowest BCUT2D eigenvalue weighted by Gasteiger charge is -2.27. The van der Waals surface area contributed by atoms with Gasteiger partial charge in [0.05, 0.1) is 11.7 Å². The summed E-state index contributed by atoms with van der Waals surface area (Å²) in [5.41, 5.74) is 2.16. The Hall–Kier alpha value is -2.33. The summed E-state index contributed by atoms with van der Waals surface area (Å²) in [4.78, 5) is 14.6. The molecule has 4 nitrogen and oxygen atoms in total. The lowest BCUT2D eigenvalue weighted by Crippen LogP contribution is -2.36. The van der Waals surface area contributed by atoms with E-state index in [0.717, 1.165) is 24.0 Å². The minimum absolute atomic E-state index is 0.00683. The number of amides is 1. The lowest BCUT2D eigenvalue weighted by atomic mass is 10.00. The van der Waals surface area contributed by atoms with E-state index in [1.54, 1.807) is 23.1 Å². The molecule has 0 spiro atoms. The molecule has 0 aliphatic carbocycles. The number of carbonyl (C=O) groups excluding carboxylic acids is 1.